The van der Waals surface area contributed by atoms with Gasteiger partial charge >= 0.3 is 0 Å². The molecule has 0 spiro atoms. The van der Waals surface area contributed by atoms with Crippen LogP contribution in [0.2, 0.25) is 0 Å². The molecule has 152 valence electrons. The summed E-state index contributed by atoms with van der Waals surface area (Å²) in [4.78, 5) is 33.6. The van der Waals surface area contributed by atoms with Crippen LogP contribution in [0.15, 0.2) is 36.5 Å². The molecule has 7 heteroatoms. The van der Waals surface area contributed by atoms with Crippen LogP contribution in [0, 0.1) is 19.8 Å². The van der Waals surface area contributed by atoms with Crippen molar-refractivity contribution < 1.29 is 14.3 Å². The fourth-order valence-corrected chi connectivity index (χ4v) is 3.83. The Labute approximate surface area is 170 Å². The summed E-state index contributed by atoms with van der Waals surface area (Å²) < 4.78 is 5.36. The molecule has 0 saturated carbocycles. The van der Waals surface area contributed by atoms with E-state index in [2.05, 4.69) is 15.2 Å². The van der Waals surface area contributed by atoms with E-state index in [0.717, 1.165) is 35.7 Å². The number of amides is 2. The minimum atomic E-state index is -0.374. The molecule has 2 aromatic rings. The average Bonchev–Trinajstić information content (AvgIpc) is 3.13. The Kier molecular flexibility index (Phi) is 5.49. The first-order valence-corrected chi connectivity index (χ1v) is 9.99. The van der Waals surface area contributed by atoms with Gasteiger partial charge in [-0.05, 0) is 43.2 Å². The van der Waals surface area contributed by atoms with Gasteiger partial charge < -0.3 is 19.9 Å². The molecule has 1 aromatic heterocycles. The molecular weight excluding hydrogens is 368 g/mol. The summed E-state index contributed by atoms with van der Waals surface area (Å²) in [6.45, 7) is 7.46. The van der Waals surface area contributed by atoms with Gasteiger partial charge in [-0.2, -0.15) is 0 Å². The first kappa shape index (κ1) is 19.4. The Morgan fingerprint density at radius 1 is 1.17 bits per heavy atom. The second-order valence-corrected chi connectivity index (χ2v) is 7.62. The smallest absolute Gasteiger partial charge is 0.229 e. The van der Waals surface area contributed by atoms with Crippen molar-refractivity contribution in [2.75, 3.05) is 48.0 Å². The van der Waals surface area contributed by atoms with Gasteiger partial charge in [0.25, 0.3) is 0 Å². The third-order valence-electron chi connectivity index (χ3n) is 5.71. The molecule has 2 amide bonds. The van der Waals surface area contributed by atoms with Gasteiger partial charge in [0.05, 0.1) is 31.0 Å². The molecule has 0 aliphatic carbocycles. The van der Waals surface area contributed by atoms with E-state index in [0.29, 0.717) is 25.4 Å². The maximum atomic E-state index is 12.7. The fourth-order valence-electron chi connectivity index (χ4n) is 3.83. The predicted molar refractivity (Wildman–Crippen MR) is 112 cm³/mol. The molecule has 3 heterocycles. The number of nitrogens with zero attached hydrogens (tertiary/aromatic N) is 3. The van der Waals surface area contributed by atoms with Crippen molar-refractivity contribution in [3.05, 3.63) is 47.7 Å². The zero-order valence-corrected chi connectivity index (χ0v) is 16.9. The number of carbonyl (C=O) groups is 2. The van der Waals surface area contributed by atoms with E-state index in [1.807, 2.05) is 44.2 Å². The van der Waals surface area contributed by atoms with Gasteiger partial charge in [-0.3, -0.25) is 9.59 Å². The van der Waals surface area contributed by atoms with Crippen LogP contribution in [-0.4, -0.2) is 49.6 Å². The van der Waals surface area contributed by atoms with Crippen molar-refractivity contribution in [3.8, 4) is 0 Å². The van der Waals surface area contributed by atoms with Crippen molar-refractivity contribution >= 4 is 29.0 Å². The summed E-state index contributed by atoms with van der Waals surface area (Å²) in [5.74, 6) is 0.344. The van der Waals surface area contributed by atoms with Crippen LogP contribution >= 0.6 is 0 Å². The second-order valence-electron chi connectivity index (χ2n) is 7.62. The number of pyridine rings is 1. The molecule has 2 aliphatic rings. The lowest BCUT2D eigenvalue weighted by Gasteiger charge is -2.27. The third kappa shape index (κ3) is 4.10. The molecule has 4 rings (SSSR count). The van der Waals surface area contributed by atoms with Crippen molar-refractivity contribution in [2.24, 2.45) is 5.92 Å². The summed E-state index contributed by atoms with van der Waals surface area (Å²) in [5.41, 5.74) is 3.74. The highest BCUT2D eigenvalue weighted by atomic mass is 16.5. The molecule has 2 saturated heterocycles. The molecule has 1 unspecified atom stereocenters. The van der Waals surface area contributed by atoms with Crippen LogP contribution < -0.4 is 15.1 Å². The van der Waals surface area contributed by atoms with Gasteiger partial charge in [0.1, 0.15) is 5.82 Å². The van der Waals surface area contributed by atoms with Crippen LogP contribution in [0.5, 0.6) is 0 Å². The van der Waals surface area contributed by atoms with Crippen LogP contribution in [0.1, 0.15) is 17.5 Å². The van der Waals surface area contributed by atoms with E-state index in [9.17, 15) is 9.59 Å². The number of morpholine rings is 1. The first-order valence-electron chi connectivity index (χ1n) is 9.99. The predicted octanol–water partition coefficient (Wildman–Crippen LogP) is 2.53. The number of rotatable bonds is 4. The van der Waals surface area contributed by atoms with Gasteiger partial charge in [-0.15, -0.1) is 0 Å². The van der Waals surface area contributed by atoms with Crippen molar-refractivity contribution in [1.82, 2.24) is 4.98 Å². The number of anilines is 3. The number of hydrogen-bond donors (Lipinski definition) is 1. The van der Waals surface area contributed by atoms with E-state index in [-0.39, 0.29) is 24.2 Å². The molecule has 0 radical (unpaired) electrons. The summed E-state index contributed by atoms with van der Waals surface area (Å²) in [6, 6.07) is 9.67. The summed E-state index contributed by atoms with van der Waals surface area (Å²) >= 11 is 0. The largest absolute Gasteiger partial charge is 0.378 e. The van der Waals surface area contributed by atoms with Gasteiger partial charge in [0.2, 0.25) is 11.8 Å². The van der Waals surface area contributed by atoms with Gasteiger partial charge in [-0.1, -0.05) is 12.1 Å². The van der Waals surface area contributed by atoms with Crippen LogP contribution in [0.25, 0.3) is 0 Å². The summed E-state index contributed by atoms with van der Waals surface area (Å²) in [6.07, 6.45) is 1.89. The summed E-state index contributed by atoms with van der Waals surface area (Å²) in [5, 5.41) is 2.91. The monoisotopic (exact) mass is 394 g/mol. The zero-order valence-electron chi connectivity index (χ0n) is 16.9. The Morgan fingerprint density at radius 3 is 2.69 bits per heavy atom. The number of benzene rings is 1. The van der Waals surface area contributed by atoms with Gasteiger partial charge in [0, 0.05) is 31.7 Å². The molecule has 7 nitrogen and oxygen atoms in total. The lowest BCUT2D eigenvalue weighted by molar-refractivity contribution is -0.122. The minimum Gasteiger partial charge on any atom is -0.378 e. The van der Waals surface area contributed by atoms with E-state index < -0.39 is 0 Å². The molecule has 0 bridgehead atoms. The number of hydrogen-bond acceptors (Lipinski definition) is 5. The number of aryl methyl sites for hydroxylation is 1. The Balaban J connectivity index is 1.40. The number of carbonyl (C=O) groups excluding carboxylic acids is 2. The van der Waals surface area contributed by atoms with E-state index in [1.54, 1.807) is 11.1 Å². The van der Waals surface area contributed by atoms with Crippen LogP contribution in [0.3, 0.4) is 0 Å². The standard InChI is InChI=1S/C22H26N4O3/c1-15-4-3-5-19(16(15)2)26-14-17(12-21(26)27)22(28)24-18-6-7-20(23-13-18)25-8-10-29-11-9-25/h3-7,13,17H,8-12,14H2,1-2H3,(H,24,28). The molecular formula is C22H26N4O3. The topological polar surface area (TPSA) is 74.8 Å². The van der Waals surface area contributed by atoms with Crippen LogP contribution in [0.4, 0.5) is 17.2 Å². The molecule has 1 atom stereocenters. The SMILES string of the molecule is Cc1cccc(N2CC(C(=O)Nc3ccc(N4CCOCC4)nc3)CC2=O)c1C. The second kappa shape index (κ2) is 8.21. The molecule has 1 aromatic carbocycles. The number of nitrogens with one attached hydrogen (secondary N) is 1. The first-order chi connectivity index (χ1) is 14.0. The fraction of sp³-hybridized carbons (Fsp3) is 0.409. The maximum absolute atomic E-state index is 12.7. The zero-order chi connectivity index (χ0) is 20.4. The van der Waals surface area contributed by atoms with Crippen molar-refractivity contribution in [1.29, 1.82) is 0 Å². The maximum Gasteiger partial charge on any atom is 0.229 e. The van der Waals surface area contributed by atoms with Crippen LogP contribution in [-0.2, 0) is 14.3 Å². The lowest BCUT2D eigenvalue weighted by atomic mass is 10.1. The van der Waals surface area contributed by atoms with E-state index in [1.165, 1.54) is 0 Å². The lowest BCUT2D eigenvalue weighted by Crippen LogP contribution is -2.36. The number of aromatic nitrogens is 1. The summed E-state index contributed by atoms with van der Waals surface area (Å²) in [7, 11) is 0. The molecule has 29 heavy (non-hydrogen) atoms. The molecule has 1 N–H and O–H groups in total. The molecule has 2 aliphatic heterocycles. The minimum absolute atomic E-state index is 0.0142. The highest BCUT2D eigenvalue weighted by molar-refractivity contribution is 6.03. The van der Waals surface area contributed by atoms with Gasteiger partial charge in [-0.25, -0.2) is 4.98 Å². The number of ether oxygens (including phenoxy) is 1. The Hall–Kier alpha value is -2.93. The highest BCUT2D eigenvalue weighted by Gasteiger charge is 2.35. The Bertz CT molecular complexity index is 907. The Morgan fingerprint density at radius 2 is 1.97 bits per heavy atom. The van der Waals surface area contributed by atoms with Crippen molar-refractivity contribution in [2.45, 2.75) is 20.3 Å². The average molecular weight is 394 g/mol. The highest BCUT2D eigenvalue weighted by Crippen LogP contribution is 2.30. The van der Waals surface area contributed by atoms with Crippen molar-refractivity contribution in [3.63, 3.8) is 0 Å². The van der Waals surface area contributed by atoms with E-state index >= 15 is 0 Å². The quantitative estimate of drug-likeness (QED) is 0.863. The normalized spacial score (nSPS) is 19.5. The van der Waals surface area contributed by atoms with Gasteiger partial charge in [0.15, 0.2) is 0 Å². The van der Waals surface area contributed by atoms with E-state index in [4.69, 9.17) is 4.74 Å². The third-order valence-corrected chi connectivity index (χ3v) is 5.71. The molecule has 2 fully saturated rings.